The largest absolute Gasteiger partial charge is 0.496 e. The molecule has 3 aromatic rings. The number of ether oxygens (including phenoxy) is 1. The summed E-state index contributed by atoms with van der Waals surface area (Å²) in [6.45, 7) is 2.50. The maximum atomic E-state index is 15.4. The highest BCUT2D eigenvalue weighted by molar-refractivity contribution is 6.31. The Bertz CT molecular complexity index is 1260. The number of amides is 1. The number of nitrogens with two attached hydrogens (primary N) is 1. The van der Waals surface area contributed by atoms with E-state index in [1.807, 2.05) is 11.8 Å². The Hall–Kier alpha value is -3.30. The van der Waals surface area contributed by atoms with Crippen molar-refractivity contribution >= 4 is 28.9 Å². The van der Waals surface area contributed by atoms with Crippen LogP contribution in [0.4, 0.5) is 24.5 Å². The molecule has 10 heteroatoms. The molecule has 34 heavy (non-hydrogen) atoms. The van der Waals surface area contributed by atoms with E-state index in [9.17, 15) is 13.6 Å². The minimum absolute atomic E-state index is 0.00219. The zero-order valence-corrected chi connectivity index (χ0v) is 19.2. The van der Waals surface area contributed by atoms with Crippen molar-refractivity contribution in [3.8, 4) is 17.0 Å². The molecule has 6 nitrogen and oxygen atoms in total. The highest BCUT2D eigenvalue weighted by Gasteiger charge is 2.29. The highest BCUT2D eigenvalue weighted by atomic mass is 35.5. The molecule has 2 aromatic carbocycles. The first-order valence-electron chi connectivity index (χ1n) is 10.5. The summed E-state index contributed by atoms with van der Waals surface area (Å²) in [6, 6.07) is 7.77. The van der Waals surface area contributed by atoms with E-state index in [2.05, 4.69) is 10.3 Å². The van der Waals surface area contributed by atoms with Crippen molar-refractivity contribution in [1.82, 2.24) is 4.98 Å². The number of carbonyl (C=O) groups is 1. The normalized spacial score (nSPS) is 17.7. The molecule has 1 amide bonds. The number of aromatic nitrogens is 1. The molecule has 0 bridgehead atoms. The third-order valence-electron chi connectivity index (χ3n) is 5.77. The summed E-state index contributed by atoms with van der Waals surface area (Å²) in [6.07, 6.45) is 1.90. The second-order valence-electron chi connectivity index (χ2n) is 8.07. The van der Waals surface area contributed by atoms with Crippen molar-refractivity contribution in [1.29, 1.82) is 0 Å². The number of hydrogen-bond acceptors (Lipinski definition) is 5. The van der Waals surface area contributed by atoms with E-state index in [-0.39, 0.29) is 34.1 Å². The minimum Gasteiger partial charge on any atom is -0.496 e. The molecule has 0 radical (unpaired) electrons. The first-order chi connectivity index (χ1) is 16.2. The van der Waals surface area contributed by atoms with Crippen LogP contribution in [0.25, 0.3) is 11.3 Å². The molecular weight excluding hydrogens is 469 g/mol. The number of hydrogen-bond donors (Lipinski definition) is 2. The van der Waals surface area contributed by atoms with Crippen molar-refractivity contribution < 1.29 is 22.7 Å². The zero-order valence-electron chi connectivity index (χ0n) is 18.4. The Morgan fingerprint density at radius 3 is 2.65 bits per heavy atom. The second-order valence-corrected chi connectivity index (χ2v) is 8.48. The quantitative estimate of drug-likeness (QED) is 0.525. The van der Waals surface area contributed by atoms with Gasteiger partial charge in [-0.1, -0.05) is 11.6 Å². The molecule has 0 saturated carbocycles. The van der Waals surface area contributed by atoms with E-state index >= 15 is 4.39 Å². The zero-order chi connectivity index (χ0) is 24.6. The van der Waals surface area contributed by atoms with Gasteiger partial charge in [-0.3, -0.25) is 9.78 Å². The first-order valence-corrected chi connectivity index (χ1v) is 10.9. The molecule has 1 saturated heterocycles. The lowest BCUT2D eigenvalue weighted by atomic mass is 10.1. The predicted octanol–water partition coefficient (Wildman–Crippen LogP) is 5.01. The number of rotatable bonds is 5. The summed E-state index contributed by atoms with van der Waals surface area (Å²) in [5.74, 6) is -3.44. The van der Waals surface area contributed by atoms with Crippen LogP contribution in [0.3, 0.4) is 0 Å². The lowest BCUT2D eigenvalue weighted by Crippen LogP contribution is -2.30. The van der Waals surface area contributed by atoms with Crippen LogP contribution in [0.5, 0.6) is 5.75 Å². The maximum absolute atomic E-state index is 15.4. The molecule has 2 heterocycles. The van der Waals surface area contributed by atoms with Gasteiger partial charge in [0, 0.05) is 24.8 Å². The molecule has 1 aromatic heterocycles. The van der Waals surface area contributed by atoms with E-state index in [4.69, 9.17) is 22.1 Å². The van der Waals surface area contributed by atoms with Crippen molar-refractivity contribution in [3.63, 3.8) is 0 Å². The molecule has 1 aliphatic rings. The van der Waals surface area contributed by atoms with Gasteiger partial charge in [-0.25, -0.2) is 13.2 Å². The number of benzene rings is 2. The van der Waals surface area contributed by atoms with Gasteiger partial charge in [-0.05, 0) is 49.7 Å². The molecule has 0 aliphatic carbocycles. The van der Waals surface area contributed by atoms with Crippen LogP contribution < -0.4 is 20.7 Å². The smallest absolute Gasteiger partial charge is 0.258 e. The molecule has 1 fully saturated rings. The number of nitrogens with zero attached hydrogens (tertiary/aromatic N) is 2. The van der Waals surface area contributed by atoms with Crippen LogP contribution in [-0.4, -0.2) is 36.6 Å². The summed E-state index contributed by atoms with van der Waals surface area (Å²) >= 11 is 5.86. The third kappa shape index (κ3) is 4.41. The minimum atomic E-state index is -1.08. The van der Waals surface area contributed by atoms with Gasteiger partial charge in [0.05, 0.1) is 34.6 Å². The number of pyridine rings is 1. The van der Waals surface area contributed by atoms with E-state index in [0.29, 0.717) is 12.2 Å². The van der Waals surface area contributed by atoms with Crippen LogP contribution >= 0.6 is 11.6 Å². The predicted molar refractivity (Wildman–Crippen MR) is 125 cm³/mol. The number of methoxy groups -OCH3 is 1. The van der Waals surface area contributed by atoms with Gasteiger partial charge >= 0.3 is 0 Å². The molecule has 4 rings (SSSR count). The topological polar surface area (TPSA) is 80.5 Å². The first kappa shape index (κ1) is 23.8. The van der Waals surface area contributed by atoms with E-state index in [0.717, 1.165) is 18.6 Å². The van der Waals surface area contributed by atoms with Gasteiger partial charge in [0.25, 0.3) is 5.91 Å². The van der Waals surface area contributed by atoms with Crippen molar-refractivity contribution in [3.05, 3.63) is 70.6 Å². The Morgan fingerprint density at radius 2 is 1.97 bits per heavy atom. The summed E-state index contributed by atoms with van der Waals surface area (Å²) in [4.78, 5) is 18.9. The second kappa shape index (κ2) is 9.52. The molecule has 0 spiro atoms. The van der Waals surface area contributed by atoms with Gasteiger partial charge < -0.3 is 20.7 Å². The average Bonchev–Trinajstić information content (AvgIpc) is 3.13. The number of halogens is 4. The van der Waals surface area contributed by atoms with Crippen molar-refractivity contribution in [2.75, 3.05) is 23.9 Å². The number of nitrogens with one attached hydrogen (secondary N) is 1. The van der Waals surface area contributed by atoms with E-state index in [1.165, 1.54) is 31.5 Å². The SMILES string of the molecule is COc1ccc(Cl)c(F)c1-c1nccc(C(=O)Nc2cc(F)ccc2N2CC(N)CC2C)c1F. The Balaban J connectivity index is 1.72. The summed E-state index contributed by atoms with van der Waals surface area (Å²) in [5, 5.41) is 2.32. The Labute approximate surface area is 199 Å². The van der Waals surface area contributed by atoms with Gasteiger partial charge in [0.2, 0.25) is 0 Å². The maximum Gasteiger partial charge on any atom is 0.258 e. The Kier molecular flexibility index (Phi) is 6.67. The molecule has 2 atom stereocenters. The third-order valence-corrected chi connectivity index (χ3v) is 6.06. The average molecular weight is 491 g/mol. The summed E-state index contributed by atoms with van der Waals surface area (Å²) in [5.41, 5.74) is 5.62. The van der Waals surface area contributed by atoms with Gasteiger partial charge in [0.1, 0.15) is 17.3 Å². The number of carbonyl (C=O) groups excluding carboxylic acids is 1. The van der Waals surface area contributed by atoms with Crippen molar-refractivity contribution in [2.24, 2.45) is 5.73 Å². The lowest BCUT2D eigenvalue weighted by molar-refractivity contribution is 0.102. The van der Waals surface area contributed by atoms with Crippen LogP contribution in [-0.2, 0) is 0 Å². The van der Waals surface area contributed by atoms with E-state index in [1.54, 1.807) is 6.07 Å². The molecule has 1 aliphatic heterocycles. The van der Waals surface area contributed by atoms with Gasteiger partial charge in [-0.2, -0.15) is 0 Å². The fourth-order valence-corrected chi connectivity index (χ4v) is 4.33. The van der Waals surface area contributed by atoms with Crippen LogP contribution in [0.2, 0.25) is 5.02 Å². The fraction of sp³-hybridized carbons (Fsp3) is 0.250. The summed E-state index contributed by atoms with van der Waals surface area (Å²) < 4.78 is 49.4. The lowest BCUT2D eigenvalue weighted by Gasteiger charge is -2.26. The molecular formula is C24H22ClF3N4O2. The fourth-order valence-electron chi connectivity index (χ4n) is 4.17. The number of anilines is 2. The van der Waals surface area contributed by atoms with Crippen LogP contribution in [0.15, 0.2) is 42.6 Å². The van der Waals surface area contributed by atoms with Crippen LogP contribution in [0, 0.1) is 17.5 Å². The monoisotopic (exact) mass is 490 g/mol. The molecule has 2 unspecified atom stereocenters. The standard InChI is InChI=1S/C24H22ClF3N4O2/c1-12-9-14(29)11-32(12)18-5-3-13(26)10-17(18)31-24(33)15-7-8-30-23(21(15)27)20-19(34-2)6-4-16(25)22(20)28/h3-8,10,12,14H,9,11,29H2,1-2H3,(H,31,33). The highest BCUT2D eigenvalue weighted by Crippen LogP contribution is 2.37. The molecule has 3 N–H and O–H groups in total. The van der Waals surface area contributed by atoms with Crippen LogP contribution in [0.1, 0.15) is 23.7 Å². The van der Waals surface area contributed by atoms with Gasteiger partial charge in [-0.15, -0.1) is 0 Å². The Morgan fingerprint density at radius 1 is 1.21 bits per heavy atom. The summed E-state index contributed by atoms with van der Waals surface area (Å²) in [7, 11) is 1.29. The molecule has 178 valence electrons. The van der Waals surface area contributed by atoms with Crippen molar-refractivity contribution in [2.45, 2.75) is 25.4 Å². The van der Waals surface area contributed by atoms with E-state index < -0.39 is 34.6 Å². The van der Waals surface area contributed by atoms with Gasteiger partial charge in [0.15, 0.2) is 11.6 Å².